The van der Waals surface area contributed by atoms with Crippen LogP contribution in [-0.4, -0.2) is 28.0 Å². The van der Waals surface area contributed by atoms with E-state index < -0.39 is 10.0 Å². The van der Waals surface area contributed by atoms with Crippen molar-refractivity contribution in [3.8, 4) is 0 Å². The van der Waals surface area contributed by atoms with Crippen LogP contribution in [0.15, 0.2) is 47.6 Å². The van der Waals surface area contributed by atoms with E-state index in [-0.39, 0.29) is 10.7 Å². The minimum Gasteiger partial charge on any atom is -0.274 e. The van der Waals surface area contributed by atoms with Gasteiger partial charge in [-0.05, 0) is 18.6 Å². The van der Waals surface area contributed by atoms with E-state index in [0.29, 0.717) is 17.3 Å². The van der Waals surface area contributed by atoms with Gasteiger partial charge in [0.2, 0.25) is 0 Å². The molecule has 0 radical (unpaired) electrons. The Morgan fingerprint density at radius 1 is 1.21 bits per heavy atom. The molecule has 0 amide bonds. The standard InChI is InChI=1S/C15H16ClN5O2S/c1-11-14(10-20(2)17-11)24(22,23)19-15-7-8-21(18-15)9-12-5-3-4-6-13(12)16/h3-8,10H,9H2,1-2H3,(H,18,19). The van der Waals surface area contributed by atoms with Gasteiger partial charge in [-0.2, -0.15) is 10.2 Å². The molecule has 2 aromatic heterocycles. The Labute approximate surface area is 144 Å². The molecule has 0 aliphatic heterocycles. The highest BCUT2D eigenvalue weighted by Gasteiger charge is 2.20. The first-order valence-corrected chi connectivity index (χ1v) is 9.01. The topological polar surface area (TPSA) is 81.8 Å². The summed E-state index contributed by atoms with van der Waals surface area (Å²) in [4.78, 5) is 0.130. The van der Waals surface area contributed by atoms with Gasteiger partial charge in [-0.3, -0.25) is 14.1 Å². The third-order valence-electron chi connectivity index (χ3n) is 3.43. The maximum absolute atomic E-state index is 12.4. The molecular weight excluding hydrogens is 350 g/mol. The quantitative estimate of drug-likeness (QED) is 0.752. The monoisotopic (exact) mass is 365 g/mol. The molecule has 0 saturated carbocycles. The van der Waals surface area contributed by atoms with Crippen molar-refractivity contribution < 1.29 is 8.42 Å². The van der Waals surface area contributed by atoms with Crippen LogP contribution in [0.2, 0.25) is 5.02 Å². The molecule has 24 heavy (non-hydrogen) atoms. The highest BCUT2D eigenvalue weighted by atomic mass is 35.5. The molecule has 0 aliphatic rings. The Bertz CT molecular complexity index is 977. The SMILES string of the molecule is Cc1nn(C)cc1S(=O)(=O)Nc1ccn(Cc2ccccc2Cl)n1. The first kappa shape index (κ1) is 16.5. The van der Waals surface area contributed by atoms with Crippen LogP contribution in [0.25, 0.3) is 0 Å². The fourth-order valence-corrected chi connectivity index (χ4v) is 3.75. The summed E-state index contributed by atoms with van der Waals surface area (Å²) in [6.07, 6.45) is 3.15. The first-order valence-electron chi connectivity index (χ1n) is 7.15. The Morgan fingerprint density at radius 2 is 1.96 bits per heavy atom. The van der Waals surface area contributed by atoms with Gasteiger partial charge in [0.1, 0.15) is 4.90 Å². The van der Waals surface area contributed by atoms with Gasteiger partial charge < -0.3 is 0 Å². The molecule has 1 aromatic carbocycles. The molecule has 9 heteroatoms. The van der Waals surface area contributed by atoms with Crippen molar-refractivity contribution >= 4 is 27.4 Å². The molecule has 3 aromatic rings. The number of benzene rings is 1. The van der Waals surface area contributed by atoms with E-state index in [4.69, 9.17) is 11.6 Å². The largest absolute Gasteiger partial charge is 0.274 e. The van der Waals surface area contributed by atoms with E-state index in [2.05, 4.69) is 14.9 Å². The molecule has 0 spiro atoms. The number of halogens is 1. The van der Waals surface area contributed by atoms with E-state index in [1.165, 1.54) is 10.9 Å². The van der Waals surface area contributed by atoms with Crippen LogP contribution in [0, 0.1) is 6.92 Å². The van der Waals surface area contributed by atoms with Crippen LogP contribution in [0.4, 0.5) is 5.82 Å². The molecule has 0 fully saturated rings. The van der Waals surface area contributed by atoms with Crippen molar-refractivity contribution in [3.63, 3.8) is 0 Å². The number of sulfonamides is 1. The van der Waals surface area contributed by atoms with Crippen LogP contribution < -0.4 is 4.72 Å². The number of hydrogen-bond acceptors (Lipinski definition) is 4. The maximum atomic E-state index is 12.4. The van der Waals surface area contributed by atoms with Gasteiger partial charge in [-0.25, -0.2) is 8.42 Å². The highest BCUT2D eigenvalue weighted by Crippen LogP contribution is 2.19. The zero-order valence-electron chi connectivity index (χ0n) is 13.1. The van der Waals surface area contributed by atoms with Crippen molar-refractivity contribution in [3.05, 3.63) is 59.0 Å². The van der Waals surface area contributed by atoms with Gasteiger partial charge in [0.25, 0.3) is 10.0 Å². The van der Waals surface area contributed by atoms with Crippen molar-refractivity contribution in [2.24, 2.45) is 7.05 Å². The van der Waals surface area contributed by atoms with Gasteiger partial charge in [0, 0.05) is 30.5 Å². The summed E-state index contributed by atoms with van der Waals surface area (Å²) in [6.45, 7) is 2.10. The Balaban J connectivity index is 1.79. The van der Waals surface area contributed by atoms with Gasteiger partial charge in [0.05, 0.1) is 12.2 Å². The molecule has 0 atom stereocenters. The van der Waals surface area contributed by atoms with Gasteiger partial charge in [0.15, 0.2) is 5.82 Å². The number of aromatic nitrogens is 4. The summed E-state index contributed by atoms with van der Waals surface area (Å²) < 4.78 is 30.4. The van der Waals surface area contributed by atoms with E-state index in [1.807, 2.05) is 18.2 Å². The van der Waals surface area contributed by atoms with E-state index >= 15 is 0 Å². The molecular formula is C15H16ClN5O2S. The van der Waals surface area contributed by atoms with Crippen LogP contribution in [0.3, 0.4) is 0 Å². The van der Waals surface area contributed by atoms with E-state index in [9.17, 15) is 8.42 Å². The maximum Gasteiger partial charge on any atom is 0.266 e. The molecule has 2 heterocycles. The first-order chi connectivity index (χ1) is 11.3. The lowest BCUT2D eigenvalue weighted by atomic mass is 10.2. The third kappa shape index (κ3) is 3.44. The second-order valence-corrected chi connectivity index (χ2v) is 7.41. The van der Waals surface area contributed by atoms with Crippen LogP contribution in [0.5, 0.6) is 0 Å². The van der Waals surface area contributed by atoms with Crippen molar-refractivity contribution in [2.75, 3.05) is 4.72 Å². The normalized spacial score (nSPS) is 11.6. The number of nitrogens with zero attached hydrogens (tertiary/aromatic N) is 4. The lowest BCUT2D eigenvalue weighted by Crippen LogP contribution is -2.14. The smallest absolute Gasteiger partial charge is 0.266 e. The third-order valence-corrected chi connectivity index (χ3v) is 5.25. The minimum atomic E-state index is -3.73. The number of aryl methyl sites for hydroxylation is 2. The van der Waals surface area contributed by atoms with Gasteiger partial charge >= 0.3 is 0 Å². The summed E-state index contributed by atoms with van der Waals surface area (Å²) >= 11 is 6.13. The van der Waals surface area contributed by atoms with Crippen LogP contribution in [0.1, 0.15) is 11.3 Å². The summed E-state index contributed by atoms with van der Waals surface area (Å²) in [5.74, 6) is 0.241. The highest BCUT2D eigenvalue weighted by molar-refractivity contribution is 7.92. The van der Waals surface area contributed by atoms with Crippen LogP contribution in [-0.2, 0) is 23.6 Å². The minimum absolute atomic E-state index is 0.130. The van der Waals surface area contributed by atoms with Crippen molar-refractivity contribution in [1.82, 2.24) is 19.6 Å². The fourth-order valence-electron chi connectivity index (χ4n) is 2.34. The summed E-state index contributed by atoms with van der Waals surface area (Å²) in [6, 6.07) is 9.03. The van der Waals surface area contributed by atoms with Gasteiger partial charge in [-0.15, -0.1) is 0 Å². The predicted octanol–water partition coefficient (Wildman–Crippen LogP) is 2.43. The number of anilines is 1. The lowest BCUT2D eigenvalue weighted by Gasteiger charge is -2.05. The van der Waals surface area contributed by atoms with Crippen LogP contribution >= 0.6 is 11.6 Å². The summed E-state index contributed by atoms with van der Waals surface area (Å²) in [5, 5.41) is 8.92. The van der Waals surface area contributed by atoms with Crippen molar-refractivity contribution in [1.29, 1.82) is 0 Å². The van der Waals surface area contributed by atoms with Crippen molar-refractivity contribution in [2.45, 2.75) is 18.4 Å². The molecule has 0 unspecified atom stereocenters. The molecule has 7 nitrogen and oxygen atoms in total. The molecule has 3 rings (SSSR count). The molecule has 0 aliphatic carbocycles. The summed E-state index contributed by atoms with van der Waals surface area (Å²) in [7, 11) is -2.06. The predicted molar refractivity (Wildman–Crippen MR) is 91.5 cm³/mol. The lowest BCUT2D eigenvalue weighted by molar-refractivity contribution is 0.600. The molecule has 0 bridgehead atoms. The zero-order chi connectivity index (χ0) is 17.3. The number of rotatable bonds is 5. The second-order valence-electron chi connectivity index (χ2n) is 5.35. The summed E-state index contributed by atoms with van der Waals surface area (Å²) in [5.41, 5.74) is 1.33. The molecule has 1 N–H and O–H groups in total. The number of hydrogen-bond donors (Lipinski definition) is 1. The molecule has 0 saturated heterocycles. The van der Waals surface area contributed by atoms with Gasteiger partial charge in [-0.1, -0.05) is 29.8 Å². The zero-order valence-corrected chi connectivity index (χ0v) is 14.7. The second kappa shape index (κ2) is 6.29. The average molecular weight is 366 g/mol. The van der Waals surface area contributed by atoms with E-state index in [0.717, 1.165) is 5.56 Å². The average Bonchev–Trinajstić information content (AvgIpc) is 3.07. The number of nitrogens with one attached hydrogen (secondary N) is 1. The fraction of sp³-hybridized carbons (Fsp3) is 0.200. The van der Waals surface area contributed by atoms with E-state index in [1.54, 1.807) is 37.0 Å². The molecule has 126 valence electrons. The Morgan fingerprint density at radius 3 is 2.62 bits per heavy atom. The Kier molecular flexibility index (Phi) is 4.33. The Hall–Kier alpha value is -2.32.